The number of benzene rings is 2. The fraction of sp³-hybridized carbons (Fsp3) is 0.0500. The molecule has 154 valence electrons. The number of nitrogen functional groups attached to an aromatic ring is 1. The molecule has 3 aromatic heterocycles. The second kappa shape index (κ2) is 6.77. The smallest absolute Gasteiger partial charge is 0.292 e. The Hall–Kier alpha value is -3.99. The lowest BCUT2D eigenvalue weighted by Gasteiger charge is -2.07. The van der Waals surface area contributed by atoms with Crippen LogP contribution in [0.4, 0.5) is 11.5 Å². The van der Waals surface area contributed by atoms with Gasteiger partial charge in [-0.1, -0.05) is 15.9 Å². The van der Waals surface area contributed by atoms with Crippen molar-refractivity contribution in [2.75, 3.05) is 5.73 Å². The number of aromatic nitrogens is 4. The minimum Gasteiger partial charge on any atom is -0.454 e. The Bertz CT molecular complexity index is 1570. The van der Waals surface area contributed by atoms with Gasteiger partial charge in [0.15, 0.2) is 17.1 Å². The number of nitrogens with zero attached hydrogens (tertiary/aromatic N) is 4. The van der Waals surface area contributed by atoms with Crippen molar-refractivity contribution in [1.82, 2.24) is 20.0 Å². The lowest BCUT2D eigenvalue weighted by Crippen LogP contribution is -2.10. The van der Waals surface area contributed by atoms with Gasteiger partial charge in [-0.2, -0.15) is 10.2 Å². The zero-order valence-electron chi connectivity index (χ0n) is 15.9. The van der Waals surface area contributed by atoms with Crippen molar-refractivity contribution in [3.8, 4) is 17.1 Å². The molecule has 0 fully saturated rings. The first-order valence-electron chi connectivity index (χ1n) is 9.06. The second-order valence-corrected chi connectivity index (χ2v) is 7.81. The van der Waals surface area contributed by atoms with E-state index >= 15 is 0 Å². The zero-order chi connectivity index (χ0) is 21.9. The van der Waals surface area contributed by atoms with Crippen molar-refractivity contribution < 1.29 is 9.34 Å². The molecule has 0 aliphatic heterocycles. The van der Waals surface area contributed by atoms with Crippen molar-refractivity contribution in [3.05, 3.63) is 73.0 Å². The summed E-state index contributed by atoms with van der Waals surface area (Å²) in [6.45, 7) is 1.89. The third-order valence-corrected chi connectivity index (χ3v) is 5.55. The highest BCUT2D eigenvalue weighted by Crippen LogP contribution is 2.39. The van der Waals surface area contributed by atoms with Crippen LogP contribution in [0.15, 0.2) is 56.1 Å². The Morgan fingerprint density at radius 2 is 1.97 bits per heavy atom. The maximum atomic E-state index is 12.4. The van der Waals surface area contributed by atoms with Gasteiger partial charge in [-0.05, 0) is 37.3 Å². The number of rotatable bonds is 3. The normalized spacial score (nSPS) is 11.4. The van der Waals surface area contributed by atoms with Crippen molar-refractivity contribution in [2.45, 2.75) is 6.92 Å². The maximum Gasteiger partial charge on any atom is 0.292 e. The van der Waals surface area contributed by atoms with Crippen LogP contribution in [0.3, 0.4) is 0 Å². The SMILES string of the molecule is Cc1c(-c2c3c(N)n[nH]c(=O)c3nn2-c2ccc([N+](=O)[O-])cc2)oc2ccc(Br)cc12. The van der Waals surface area contributed by atoms with E-state index in [0.717, 1.165) is 15.4 Å². The summed E-state index contributed by atoms with van der Waals surface area (Å²) in [6, 6.07) is 11.4. The summed E-state index contributed by atoms with van der Waals surface area (Å²) >= 11 is 3.47. The molecule has 0 atom stereocenters. The van der Waals surface area contributed by atoms with Gasteiger partial charge in [0.2, 0.25) is 0 Å². The molecule has 3 N–H and O–H groups in total. The molecule has 0 bridgehead atoms. The van der Waals surface area contributed by atoms with Crippen LogP contribution in [0.5, 0.6) is 0 Å². The highest BCUT2D eigenvalue weighted by molar-refractivity contribution is 9.10. The third-order valence-electron chi connectivity index (χ3n) is 5.05. The van der Waals surface area contributed by atoms with E-state index in [0.29, 0.717) is 28.1 Å². The minimum absolute atomic E-state index is 0.0641. The molecule has 31 heavy (non-hydrogen) atoms. The van der Waals surface area contributed by atoms with Gasteiger partial charge < -0.3 is 10.2 Å². The van der Waals surface area contributed by atoms with Crippen LogP contribution >= 0.6 is 15.9 Å². The van der Waals surface area contributed by atoms with Crippen LogP contribution in [0.25, 0.3) is 39.0 Å². The predicted octanol–water partition coefficient (Wildman–Crippen LogP) is 4.08. The number of hydrogen-bond donors (Lipinski definition) is 2. The molecule has 0 aliphatic carbocycles. The number of fused-ring (bicyclic) bond motifs is 2. The highest BCUT2D eigenvalue weighted by atomic mass is 79.9. The number of hydrogen-bond acceptors (Lipinski definition) is 7. The summed E-state index contributed by atoms with van der Waals surface area (Å²) in [7, 11) is 0. The molecule has 0 amide bonds. The van der Waals surface area contributed by atoms with E-state index in [1.165, 1.54) is 16.8 Å². The number of H-pyrrole nitrogens is 1. The number of non-ortho nitro benzene ring substituents is 1. The number of furan rings is 1. The van der Waals surface area contributed by atoms with Crippen LogP contribution in [-0.2, 0) is 0 Å². The van der Waals surface area contributed by atoms with Gasteiger partial charge in [0, 0.05) is 27.6 Å². The number of aromatic amines is 1. The molecule has 0 radical (unpaired) electrons. The van der Waals surface area contributed by atoms with Gasteiger partial charge in [0.1, 0.15) is 11.3 Å². The molecule has 2 aromatic carbocycles. The largest absolute Gasteiger partial charge is 0.454 e. The molecule has 0 saturated carbocycles. The second-order valence-electron chi connectivity index (χ2n) is 6.89. The number of aryl methyl sites for hydroxylation is 1. The van der Waals surface area contributed by atoms with E-state index in [-0.39, 0.29) is 17.0 Å². The van der Waals surface area contributed by atoms with E-state index in [2.05, 4.69) is 31.2 Å². The molecule has 0 saturated heterocycles. The standard InChI is InChI=1S/C20H13BrN6O4/c1-9-13-8-10(21)2-7-14(13)31-18(9)17-15-16(20(28)24-23-19(15)22)25-26(17)11-3-5-12(6-4-11)27(29)30/h2-8H,1H3,(H2,22,23)(H,24,28). The van der Waals surface area contributed by atoms with Gasteiger partial charge in [0.25, 0.3) is 11.2 Å². The first-order chi connectivity index (χ1) is 14.8. The van der Waals surface area contributed by atoms with Crippen LogP contribution in [0.1, 0.15) is 5.56 Å². The van der Waals surface area contributed by atoms with Crippen molar-refractivity contribution in [2.24, 2.45) is 0 Å². The van der Waals surface area contributed by atoms with E-state index in [1.807, 2.05) is 25.1 Å². The Morgan fingerprint density at radius 3 is 2.68 bits per heavy atom. The Balaban J connectivity index is 1.88. The Kier molecular flexibility index (Phi) is 4.15. The lowest BCUT2D eigenvalue weighted by atomic mass is 10.1. The highest BCUT2D eigenvalue weighted by Gasteiger charge is 2.25. The van der Waals surface area contributed by atoms with Gasteiger partial charge in [-0.15, -0.1) is 0 Å². The van der Waals surface area contributed by atoms with E-state index in [9.17, 15) is 14.9 Å². The van der Waals surface area contributed by atoms with E-state index < -0.39 is 10.5 Å². The predicted molar refractivity (Wildman–Crippen MR) is 118 cm³/mol. The quantitative estimate of drug-likeness (QED) is 0.292. The molecule has 5 aromatic rings. The van der Waals surface area contributed by atoms with E-state index in [1.54, 1.807) is 12.1 Å². The fourth-order valence-electron chi connectivity index (χ4n) is 3.57. The van der Waals surface area contributed by atoms with Gasteiger partial charge in [-0.25, -0.2) is 9.78 Å². The van der Waals surface area contributed by atoms with Crippen LogP contribution in [-0.4, -0.2) is 24.9 Å². The number of nitro benzene ring substituents is 1. The molecular formula is C20H13BrN6O4. The minimum atomic E-state index is -0.511. The lowest BCUT2D eigenvalue weighted by molar-refractivity contribution is -0.384. The Morgan fingerprint density at radius 1 is 1.23 bits per heavy atom. The molecule has 5 rings (SSSR count). The summed E-state index contributed by atoms with van der Waals surface area (Å²) in [5.41, 5.74) is 8.03. The molecule has 11 heteroatoms. The topological polar surface area (TPSA) is 146 Å². The van der Waals surface area contributed by atoms with Crippen LogP contribution in [0.2, 0.25) is 0 Å². The first-order valence-corrected chi connectivity index (χ1v) is 9.85. The number of nitro groups is 1. The molecule has 0 aliphatic rings. The maximum absolute atomic E-state index is 12.4. The molecule has 0 spiro atoms. The van der Waals surface area contributed by atoms with Crippen LogP contribution < -0.4 is 11.3 Å². The molecule has 0 unspecified atom stereocenters. The zero-order valence-corrected chi connectivity index (χ0v) is 17.5. The van der Waals surface area contributed by atoms with Crippen molar-refractivity contribution in [3.63, 3.8) is 0 Å². The summed E-state index contributed by atoms with van der Waals surface area (Å²) in [4.78, 5) is 23.0. The number of nitrogens with one attached hydrogen (secondary N) is 1. The number of nitrogens with two attached hydrogens (primary N) is 1. The number of halogens is 1. The fourth-order valence-corrected chi connectivity index (χ4v) is 3.93. The van der Waals surface area contributed by atoms with Gasteiger partial charge in [0.05, 0.1) is 16.0 Å². The Labute approximate surface area is 181 Å². The van der Waals surface area contributed by atoms with Crippen molar-refractivity contribution in [1.29, 1.82) is 0 Å². The van der Waals surface area contributed by atoms with Gasteiger partial charge in [-0.3, -0.25) is 14.9 Å². The van der Waals surface area contributed by atoms with E-state index in [4.69, 9.17) is 10.2 Å². The average molecular weight is 481 g/mol. The molecule has 3 heterocycles. The van der Waals surface area contributed by atoms with Crippen molar-refractivity contribution >= 4 is 49.3 Å². The third kappa shape index (κ3) is 2.89. The van der Waals surface area contributed by atoms with Gasteiger partial charge >= 0.3 is 0 Å². The monoisotopic (exact) mass is 480 g/mol. The summed E-state index contributed by atoms with van der Waals surface area (Å²) in [5.74, 6) is 0.548. The summed E-state index contributed by atoms with van der Waals surface area (Å²) in [6.07, 6.45) is 0. The molecular weight excluding hydrogens is 468 g/mol. The number of anilines is 1. The van der Waals surface area contributed by atoms with Crippen LogP contribution in [0, 0.1) is 17.0 Å². The first kappa shape index (κ1) is 19.0. The summed E-state index contributed by atoms with van der Waals surface area (Å²) in [5, 5.41) is 22.9. The molecule has 10 nitrogen and oxygen atoms in total. The average Bonchev–Trinajstić information content (AvgIpc) is 3.30. The summed E-state index contributed by atoms with van der Waals surface area (Å²) < 4.78 is 8.52.